The summed E-state index contributed by atoms with van der Waals surface area (Å²) in [6.45, 7) is 9.50. The molecule has 1 aromatic carbocycles. The molecule has 1 amide bonds. The highest BCUT2D eigenvalue weighted by atomic mass is 35.5. The van der Waals surface area contributed by atoms with Crippen molar-refractivity contribution in [2.75, 3.05) is 26.2 Å². The number of nitrogens with zero attached hydrogens (tertiary/aromatic N) is 2. The lowest BCUT2D eigenvalue weighted by Crippen LogP contribution is -2.49. The highest BCUT2D eigenvalue weighted by molar-refractivity contribution is 6.42. The normalized spacial score (nSPS) is 20.7. The van der Waals surface area contributed by atoms with Gasteiger partial charge in [-0.15, -0.1) is 0 Å². The zero-order valence-electron chi connectivity index (χ0n) is 16.5. The van der Waals surface area contributed by atoms with E-state index in [2.05, 4.69) is 11.0 Å². The molecule has 4 nitrogen and oxygen atoms in total. The van der Waals surface area contributed by atoms with Gasteiger partial charge in [-0.1, -0.05) is 29.3 Å². The summed E-state index contributed by atoms with van der Waals surface area (Å²) >= 11 is 12.2. The van der Waals surface area contributed by atoms with Gasteiger partial charge in [0.1, 0.15) is 5.60 Å². The highest BCUT2D eigenvalue weighted by Gasteiger charge is 2.31. The molecule has 0 aliphatic carbocycles. The summed E-state index contributed by atoms with van der Waals surface area (Å²) < 4.78 is 5.49. The maximum atomic E-state index is 12.2. The number of piperidine rings is 2. The van der Waals surface area contributed by atoms with Gasteiger partial charge >= 0.3 is 6.09 Å². The van der Waals surface area contributed by atoms with E-state index in [0.717, 1.165) is 51.9 Å². The zero-order chi connectivity index (χ0) is 19.6. The van der Waals surface area contributed by atoms with Gasteiger partial charge in [0.05, 0.1) is 10.0 Å². The van der Waals surface area contributed by atoms with E-state index in [1.54, 1.807) is 0 Å². The molecule has 0 bridgehead atoms. The van der Waals surface area contributed by atoms with Crippen LogP contribution in [0.25, 0.3) is 0 Å². The van der Waals surface area contributed by atoms with Crippen LogP contribution >= 0.6 is 23.2 Å². The standard InChI is InChI=1S/C21H30Cl2N2O2/c1-21(2,3)27-20(26)25-12-8-17(9-13-25)24-10-6-15(7-11-24)16-4-5-18(22)19(23)14-16/h4-5,14-15,17H,6-13H2,1-3H3. The number of carbonyl (C=O) groups excluding carboxylic acids is 1. The maximum absolute atomic E-state index is 12.2. The number of hydrogen-bond donors (Lipinski definition) is 0. The SMILES string of the molecule is CC(C)(C)OC(=O)N1CCC(N2CCC(c3ccc(Cl)c(Cl)c3)CC2)CC1. The molecule has 27 heavy (non-hydrogen) atoms. The van der Waals surface area contributed by atoms with E-state index in [1.807, 2.05) is 37.8 Å². The molecular formula is C21H30Cl2N2O2. The molecule has 6 heteroatoms. The van der Waals surface area contributed by atoms with Crippen LogP contribution in [0.4, 0.5) is 4.79 Å². The third-order valence-electron chi connectivity index (χ3n) is 5.58. The molecule has 0 atom stereocenters. The van der Waals surface area contributed by atoms with Crippen molar-refractivity contribution >= 4 is 29.3 Å². The fraction of sp³-hybridized carbons (Fsp3) is 0.667. The van der Waals surface area contributed by atoms with E-state index in [4.69, 9.17) is 27.9 Å². The number of hydrogen-bond acceptors (Lipinski definition) is 3. The number of halogens is 2. The molecule has 2 aliphatic heterocycles. The number of benzene rings is 1. The van der Waals surface area contributed by atoms with E-state index in [-0.39, 0.29) is 6.09 Å². The minimum absolute atomic E-state index is 0.181. The lowest BCUT2D eigenvalue weighted by atomic mass is 9.88. The van der Waals surface area contributed by atoms with Crippen molar-refractivity contribution in [1.82, 2.24) is 9.80 Å². The second kappa shape index (κ2) is 8.59. The Morgan fingerprint density at radius 1 is 1.00 bits per heavy atom. The van der Waals surface area contributed by atoms with Gasteiger partial charge < -0.3 is 14.5 Å². The summed E-state index contributed by atoms with van der Waals surface area (Å²) in [4.78, 5) is 16.7. The number of amides is 1. The van der Waals surface area contributed by atoms with Gasteiger partial charge in [-0.25, -0.2) is 4.79 Å². The Balaban J connectivity index is 1.47. The van der Waals surface area contributed by atoms with Crippen LogP contribution < -0.4 is 0 Å². The summed E-state index contributed by atoms with van der Waals surface area (Å²) in [6, 6.07) is 6.59. The largest absolute Gasteiger partial charge is 0.444 e. The Morgan fingerprint density at radius 2 is 1.63 bits per heavy atom. The first-order valence-electron chi connectivity index (χ1n) is 9.90. The maximum Gasteiger partial charge on any atom is 0.410 e. The number of ether oxygens (including phenoxy) is 1. The predicted molar refractivity (Wildman–Crippen MR) is 111 cm³/mol. The summed E-state index contributed by atoms with van der Waals surface area (Å²) in [5, 5.41) is 1.26. The minimum Gasteiger partial charge on any atom is -0.444 e. The molecule has 3 rings (SSSR count). The van der Waals surface area contributed by atoms with Gasteiger partial charge in [-0.2, -0.15) is 0 Å². The zero-order valence-corrected chi connectivity index (χ0v) is 18.0. The lowest BCUT2D eigenvalue weighted by molar-refractivity contribution is 0.0127. The summed E-state index contributed by atoms with van der Waals surface area (Å²) in [7, 11) is 0. The second-order valence-electron chi connectivity index (χ2n) is 8.68. The van der Waals surface area contributed by atoms with Crippen LogP contribution in [-0.2, 0) is 4.74 Å². The fourth-order valence-electron chi connectivity index (χ4n) is 4.10. The average Bonchev–Trinajstić information content (AvgIpc) is 2.63. The van der Waals surface area contributed by atoms with Crippen molar-refractivity contribution in [2.24, 2.45) is 0 Å². The van der Waals surface area contributed by atoms with Crippen LogP contribution in [0.3, 0.4) is 0 Å². The van der Waals surface area contributed by atoms with E-state index in [0.29, 0.717) is 22.0 Å². The summed E-state index contributed by atoms with van der Waals surface area (Å²) in [6.07, 6.45) is 4.15. The molecular weight excluding hydrogens is 383 g/mol. The molecule has 0 aromatic heterocycles. The molecule has 0 radical (unpaired) electrons. The molecule has 0 spiro atoms. The fourth-order valence-corrected chi connectivity index (χ4v) is 4.41. The van der Waals surface area contributed by atoms with E-state index in [9.17, 15) is 4.79 Å². The molecule has 2 aliphatic rings. The van der Waals surface area contributed by atoms with Crippen LogP contribution in [0, 0.1) is 0 Å². The first-order chi connectivity index (χ1) is 12.7. The first kappa shape index (κ1) is 20.8. The third-order valence-corrected chi connectivity index (χ3v) is 6.32. The van der Waals surface area contributed by atoms with Crippen molar-refractivity contribution in [2.45, 2.75) is 64.0 Å². The van der Waals surface area contributed by atoms with Crippen molar-refractivity contribution in [1.29, 1.82) is 0 Å². The quantitative estimate of drug-likeness (QED) is 0.635. The molecule has 150 valence electrons. The highest BCUT2D eigenvalue weighted by Crippen LogP contribution is 2.33. The smallest absolute Gasteiger partial charge is 0.410 e. The number of carbonyl (C=O) groups is 1. The molecule has 0 saturated carbocycles. The van der Waals surface area contributed by atoms with Crippen LogP contribution in [0.5, 0.6) is 0 Å². The van der Waals surface area contributed by atoms with Crippen molar-refractivity contribution in [3.8, 4) is 0 Å². The van der Waals surface area contributed by atoms with Crippen LogP contribution in [0.1, 0.15) is 57.9 Å². The molecule has 0 unspecified atom stereocenters. The third kappa shape index (κ3) is 5.52. The van der Waals surface area contributed by atoms with Gasteiger partial charge in [0.15, 0.2) is 0 Å². The monoisotopic (exact) mass is 412 g/mol. The van der Waals surface area contributed by atoms with Gasteiger partial charge in [-0.05, 0) is 83.2 Å². The molecule has 1 aromatic rings. The van der Waals surface area contributed by atoms with Crippen LogP contribution in [0.15, 0.2) is 18.2 Å². The van der Waals surface area contributed by atoms with Gasteiger partial charge in [0, 0.05) is 19.1 Å². The van der Waals surface area contributed by atoms with E-state index < -0.39 is 5.60 Å². The second-order valence-corrected chi connectivity index (χ2v) is 9.50. The Kier molecular flexibility index (Phi) is 6.60. The number of likely N-dealkylation sites (tertiary alicyclic amines) is 2. The lowest BCUT2D eigenvalue weighted by Gasteiger charge is -2.42. The van der Waals surface area contributed by atoms with E-state index >= 15 is 0 Å². The topological polar surface area (TPSA) is 32.8 Å². The predicted octanol–water partition coefficient (Wildman–Crippen LogP) is 5.57. The van der Waals surface area contributed by atoms with Gasteiger partial charge in [0.2, 0.25) is 0 Å². The molecule has 2 heterocycles. The van der Waals surface area contributed by atoms with E-state index in [1.165, 1.54) is 5.56 Å². The van der Waals surface area contributed by atoms with Gasteiger partial charge in [0.25, 0.3) is 0 Å². The van der Waals surface area contributed by atoms with Gasteiger partial charge in [-0.3, -0.25) is 0 Å². The molecule has 2 fully saturated rings. The molecule has 2 saturated heterocycles. The molecule has 0 N–H and O–H groups in total. The van der Waals surface area contributed by atoms with Crippen molar-refractivity contribution in [3.05, 3.63) is 33.8 Å². The van der Waals surface area contributed by atoms with Crippen LogP contribution in [-0.4, -0.2) is 53.7 Å². The van der Waals surface area contributed by atoms with Crippen molar-refractivity contribution < 1.29 is 9.53 Å². The Morgan fingerprint density at radius 3 is 2.19 bits per heavy atom. The average molecular weight is 413 g/mol. The Labute approximate surface area is 172 Å². The first-order valence-corrected chi connectivity index (χ1v) is 10.7. The summed E-state index contributed by atoms with van der Waals surface area (Å²) in [5.41, 5.74) is 0.865. The van der Waals surface area contributed by atoms with Crippen LogP contribution in [0.2, 0.25) is 10.0 Å². The number of rotatable bonds is 2. The van der Waals surface area contributed by atoms with Crippen molar-refractivity contribution in [3.63, 3.8) is 0 Å². The minimum atomic E-state index is -0.430. The Hall–Kier alpha value is -0.970. The Bertz CT molecular complexity index is 659. The summed E-state index contributed by atoms with van der Waals surface area (Å²) in [5.74, 6) is 0.554.